The normalized spacial score (nSPS) is 14.0. The van der Waals surface area contributed by atoms with Gasteiger partial charge in [0.2, 0.25) is 15.9 Å². The fourth-order valence-electron chi connectivity index (χ4n) is 4.46. The summed E-state index contributed by atoms with van der Waals surface area (Å²) in [7, 11) is 3.23. The van der Waals surface area contributed by atoms with Crippen LogP contribution >= 0.6 is 0 Å². The van der Waals surface area contributed by atoms with Gasteiger partial charge in [-0.2, -0.15) is 0 Å². The van der Waals surface area contributed by atoms with Crippen molar-refractivity contribution >= 4 is 21.6 Å². The molecule has 0 spiro atoms. The lowest BCUT2D eigenvalue weighted by Crippen LogP contribution is -2.35. The van der Waals surface area contributed by atoms with Crippen LogP contribution in [0, 0.1) is 13.8 Å². The van der Waals surface area contributed by atoms with Gasteiger partial charge in [-0.1, -0.05) is 6.07 Å². The molecule has 192 valence electrons. The molecule has 0 radical (unpaired) electrons. The van der Waals surface area contributed by atoms with Crippen molar-refractivity contribution < 1.29 is 17.9 Å². The molecule has 1 N–H and O–H groups in total. The zero-order valence-corrected chi connectivity index (χ0v) is 22.5. The number of carbonyl (C=O) groups is 1. The van der Waals surface area contributed by atoms with Crippen molar-refractivity contribution in [3.05, 3.63) is 52.6 Å². The highest BCUT2D eigenvalue weighted by Crippen LogP contribution is 2.28. The third kappa shape index (κ3) is 6.54. The Kier molecular flexibility index (Phi) is 8.79. The van der Waals surface area contributed by atoms with E-state index in [0.29, 0.717) is 30.0 Å². The van der Waals surface area contributed by atoms with Gasteiger partial charge in [-0.05, 0) is 73.8 Å². The molecule has 0 fully saturated rings. The number of hydrogen-bond acceptors (Lipinski definition) is 6. The van der Waals surface area contributed by atoms with E-state index in [1.807, 2.05) is 0 Å². The summed E-state index contributed by atoms with van der Waals surface area (Å²) >= 11 is 0. The van der Waals surface area contributed by atoms with Crippen LogP contribution in [0.3, 0.4) is 0 Å². The van der Waals surface area contributed by atoms with Crippen LogP contribution in [0.2, 0.25) is 0 Å². The van der Waals surface area contributed by atoms with Crippen molar-refractivity contribution in [1.29, 1.82) is 0 Å². The minimum atomic E-state index is -3.72. The van der Waals surface area contributed by atoms with Gasteiger partial charge in [0.25, 0.3) is 0 Å². The van der Waals surface area contributed by atoms with E-state index in [2.05, 4.69) is 35.5 Å². The third-order valence-electron chi connectivity index (χ3n) is 6.59. The van der Waals surface area contributed by atoms with Crippen LogP contribution in [-0.4, -0.2) is 82.9 Å². The minimum Gasteiger partial charge on any atom is -0.497 e. The number of rotatable bonds is 10. The number of ether oxygens (including phenoxy) is 1. The highest BCUT2D eigenvalue weighted by atomic mass is 32.2. The van der Waals surface area contributed by atoms with Crippen LogP contribution in [0.15, 0.2) is 35.2 Å². The summed E-state index contributed by atoms with van der Waals surface area (Å²) < 4.78 is 32.8. The molecule has 0 aromatic heterocycles. The van der Waals surface area contributed by atoms with Gasteiger partial charge in [-0.15, -0.1) is 0 Å². The Hall–Kier alpha value is -2.62. The van der Waals surface area contributed by atoms with E-state index in [9.17, 15) is 13.2 Å². The van der Waals surface area contributed by atoms with E-state index < -0.39 is 10.0 Å². The predicted molar refractivity (Wildman–Crippen MR) is 140 cm³/mol. The van der Waals surface area contributed by atoms with Gasteiger partial charge in [0, 0.05) is 58.9 Å². The van der Waals surface area contributed by atoms with Gasteiger partial charge < -0.3 is 19.9 Å². The molecule has 35 heavy (non-hydrogen) atoms. The van der Waals surface area contributed by atoms with Crippen molar-refractivity contribution in [2.45, 2.75) is 38.1 Å². The van der Waals surface area contributed by atoms with Gasteiger partial charge in [0.05, 0.1) is 12.0 Å². The molecule has 2 aromatic rings. The van der Waals surface area contributed by atoms with Crippen molar-refractivity contribution in [2.24, 2.45) is 0 Å². The largest absolute Gasteiger partial charge is 0.497 e. The lowest BCUT2D eigenvalue weighted by Gasteiger charge is -2.25. The summed E-state index contributed by atoms with van der Waals surface area (Å²) in [6.07, 6.45) is 1.19. The minimum absolute atomic E-state index is 0.0934. The van der Waals surface area contributed by atoms with E-state index in [1.54, 1.807) is 45.0 Å². The fraction of sp³-hybridized carbons (Fsp3) is 0.500. The summed E-state index contributed by atoms with van der Waals surface area (Å²) in [6, 6.07) is 9.88. The number of nitrogens with zero attached hydrogens (tertiary/aromatic N) is 3. The Bertz CT molecular complexity index is 1140. The van der Waals surface area contributed by atoms with Gasteiger partial charge in [-0.25, -0.2) is 12.7 Å². The Morgan fingerprint density at radius 3 is 2.43 bits per heavy atom. The molecule has 3 rings (SSSR count). The maximum absolute atomic E-state index is 13.2. The molecule has 1 aliphatic rings. The number of sulfonamides is 1. The van der Waals surface area contributed by atoms with Gasteiger partial charge in [-0.3, -0.25) is 4.79 Å². The molecule has 2 aromatic carbocycles. The number of hydrogen-bond donors (Lipinski definition) is 1. The van der Waals surface area contributed by atoms with Crippen molar-refractivity contribution in [1.82, 2.24) is 14.1 Å². The Morgan fingerprint density at radius 1 is 1.09 bits per heavy atom. The fourth-order valence-corrected chi connectivity index (χ4v) is 6.03. The van der Waals surface area contributed by atoms with Gasteiger partial charge in [0.15, 0.2) is 0 Å². The standard InChI is InChI=1S/C26H38N4O4S/c1-19-15-24(34-6)16-20(2)26(19)35(32,33)30(5)13-10-25(31)29(4)14-11-27-23-8-7-21-9-12-28(3)18-22(21)17-23/h7-8,15-17,27H,9-14,18H2,1-6H3. The SMILES string of the molecule is COc1cc(C)c(S(=O)(=O)N(C)CCC(=O)N(C)CCNc2ccc3c(c2)CN(C)CC3)c(C)c1. The van der Waals surface area contributed by atoms with E-state index in [4.69, 9.17) is 4.74 Å². The average Bonchev–Trinajstić information content (AvgIpc) is 2.81. The van der Waals surface area contributed by atoms with Crippen molar-refractivity contribution in [3.63, 3.8) is 0 Å². The molecule has 0 unspecified atom stereocenters. The molecule has 0 saturated heterocycles. The number of anilines is 1. The number of amides is 1. The first kappa shape index (κ1) is 27.0. The van der Waals surface area contributed by atoms with Gasteiger partial charge >= 0.3 is 0 Å². The average molecular weight is 503 g/mol. The van der Waals surface area contributed by atoms with E-state index >= 15 is 0 Å². The molecule has 0 atom stereocenters. The quantitative estimate of drug-likeness (QED) is 0.538. The first-order valence-electron chi connectivity index (χ1n) is 11.9. The molecule has 0 aliphatic carbocycles. The maximum Gasteiger partial charge on any atom is 0.243 e. The summed E-state index contributed by atoms with van der Waals surface area (Å²) in [5, 5.41) is 3.40. The summed E-state index contributed by atoms with van der Waals surface area (Å²) in [6.45, 7) is 6.81. The lowest BCUT2D eigenvalue weighted by molar-refractivity contribution is -0.129. The third-order valence-corrected chi connectivity index (χ3v) is 8.75. The molecule has 0 bridgehead atoms. The predicted octanol–water partition coefficient (Wildman–Crippen LogP) is 2.88. The van der Waals surface area contributed by atoms with Crippen LogP contribution < -0.4 is 10.1 Å². The number of carbonyl (C=O) groups excluding carboxylic acids is 1. The highest BCUT2D eigenvalue weighted by molar-refractivity contribution is 7.89. The molecule has 8 nitrogen and oxygen atoms in total. The topological polar surface area (TPSA) is 82.2 Å². The second-order valence-electron chi connectivity index (χ2n) is 9.38. The second-order valence-corrected chi connectivity index (χ2v) is 11.4. The molecule has 1 aliphatic heterocycles. The molecule has 0 saturated carbocycles. The Balaban J connectivity index is 1.50. The number of benzene rings is 2. The first-order valence-corrected chi connectivity index (χ1v) is 13.4. The first-order chi connectivity index (χ1) is 16.5. The summed E-state index contributed by atoms with van der Waals surface area (Å²) in [5.74, 6) is 0.527. The van der Waals surface area contributed by atoms with Crippen LogP contribution in [0.4, 0.5) is 5.69 Å². The van der Waals surface area contributed by atoms with E-state index in [-0.39, 0.29) is 23.8 Å². The number of aryl methyl sites for hydroxylation is 2. The number of likely N-dealkylation sites (N-methyl/N-ethyl adjacent to an activating group) is 2. The zero-order valence-electron chi connectivity index (χ0n) is 21.7. The number of fused-ring (bicyclic) bond motifs is 1. The highest BCUT2D eigenvalue weighted by Gasteiger charge is 2.26. The lowest BCUT2D eigenvalue weighted by atomic mass is 9.99. The molecule has 9 heteroatoms. The van der Waals surface area contributed by atoms with Crippen LogP contribution in [0.25, 0.3) is 0 Å². The van der Waals surface area contributed by atoms with Crippen LogP contribution in [0.1, 0.15) is 28.7 Å². The van der Waals surface area contributed by atoms with E-state index in [1.165, 1.54) is 22.5 Å². The van der Waals surface area contributed by atoms with E-state index in [0.717, 1.165) is 25.2 Å². The Labute approximate surface area is 209 Å². The molecular formula is C26H38N4O4S. The molecule has 1 heterocycles. The van der Waals surface area contributed by atoms with Gasteiger partial charge in [0.1, 0.15) is 5.75 Å². The second kappa shape index (κ2) is 11.4. The Morgan fingerprint density at radius 2 is 1.77 bits per heavy atom. The summed E-state index contributed by atoms with van der Waals surface area (Å²) in [4.78, 5) is 16.9. The zero-order chi connectivity index (χ0) is 25.8. The molecule has 1 amide bonds. The number of nitrogens with one attached hydrogen (secondary N) is 1. The maximum atomic E-state index is 13.2. The summed E-state index contributed by atoms with van der Waals surface area (Å²) in [5.41, 5.74) is 5.05. The molecular weight excluding hydrogens is 464 g/mol. The van der Waals surface area contributed by atoms with Crippen LogP contribution in [-0.2, 0) is 27.8 Å². The van der Waals surface area contributed by atoms with Crippen LogP contribution in [0.5, 0.6) is 5.75 Å². The smallest absolute Gasteiger partial charge is 0.243 e. The van der Waals surface area contributed by atoms with Crippen molar-refractivity contribution in [3.8, 4) is 5.75 Å². The van der Waals surface area contributed by atoms with Crippen molar-refractivity contribution in [2.75, 3.05) is 59.7 Å². The monoisotopic (exact) mass is 502 g/mol. The number of methoxy groups -OCH3 is 1.